The molecule has 0 aliphatic carbocycles. The van der Waals surface area contributed by atoms with Gasteiger partial charge in [0.15, 0.2) is 5.82 Å². The van der Waals surface area contributed by atoms with E-state index in [9.17, 15) is 4.79 Å². The van der Waals surface area contributed by atoms with Gasteiger partial charge in [-0.15, -0.1) is 10.2 Å². The number of para-hydroxylation sites is 1. The minimum Gasteiger partial charge on any atom is -0.497 e. The molecule has 0 bridgehead atoms. The molecule has 7 nitrogen and oxygen atoms in total. The second-order valence-electron chi connectivity index (χ2n) is 6.42. The van der Waals surface area contributed by atoms with Crippen molar-refractivity contribution in [2.75, 3.05) is 18.3 Å². The average Bonchev–Trinajstić information content (AvgIpc) is 3.05. The van der Waals surface area contributed by atoms with Crippen LogP contribution in [0.15, 0.2) is 47.6 Å². The van der Waals surface area contributed by atoms with E-state index in [1.807, 2.05) is 63.2 Å². The van der Waals surface area contributed by atoms with E-state index >= 15 is 0 Å². The van der Waals surface area contributed by atoms with Gasteiger partial charge < -0.3 is 15.9 Å². The first-order chi connectivity index (χ1) is 13.4. The minimum atomic E-state index is -0.394. The number of methoxy groups -OCH3 is 1. The number of amides is 1. The van der Waals surface area contributed by atoms with Gasteiger partial charge in [0, 0.05) is 11.3 Å². The number of ether oxygens (including phenoxy) is 1. The Morgan fingerprint density at radius 1 is 1.14 bits per heavy atom. The van der Waals surface area contributed by atoms with Crippen molar-refractivity contribution in [1.82, 2.24) is 14.9 Å². The Morgan fingerprint density at radius 3 is 2.39 bits per heavy atom. The maximum absolute atomic E-state index is 12.6. The van der Waals surface area contributed by atoms with Crippen LogP contribution < -0.4 is 15.9 Å². The minimum absolute atomic E-state index is 0.114. The fourth-order valence-electron chi connectivity index (χ4n) is 2.74. The zero-order valence-electron chi connectivity index (χ0n) is 16.3. The fraction of sp³-hybridized carbons (Fsp3) is 0.250. The van der Waals surface area contributed by atoms with Crippen molar-refractivity contribution in [3.63, 3.8) is 0 Å². The van der Waals surface area contributed by atoms with Crippen LogP contribution in [0.3, 0.4) is 0 Å². The van der Waals surface area contributed by atoms with Crippen molar-refractivity contribution in [1.29, 1.82) is 0 Å². The predicted octanol–water partition coefficient (Wildman–Crippen LogP) is 3.40. The molecule has 1 aromatic heterocycles. The highest BCUT2D eigenvalue weighted by molar-refractivity contribution is 8.00. The van der Waals surface area contributed by atoms with E-state index in [0.717, 1.165) is 28.1 Å². The third kappa shape index (κ3) is 4.12. The molecule has 1 heterocycles. The number of rotatable bonds is 6. The Hall–Kier alpha value is -3.00. The smallest absolute Gasteiger partial charge is 0.237 e. The number of nitrogens with one attached hydrogen (secondary N) is 1. The molecule has 28 heavy (non-hydrogen) atoms. The fourth-order valence-corrected chi connectivity index (χ4v) is 3.51. The summed E-state index contributed by atoms with van der Waals surface area (Å²) in [6.45, 7) is 5.76. The molecule has 1 atom stereocenters. The van der Waals surface area contributed by atoms with E-state index < -0.39 is 5.25 Å². The molecule has 2 aromatic carbocycles. The molecule has 0 fully saturated rings. The summed E-state index contributed by atoms with van der Waals surface area (Å²) in [6, 6.07) is 13.3. The van der Waals surface area contributed by atoms with E-state index in [2.05, 4.69) is 15.5 Å². The highest BCUT2D eigenvalue weighted by Gasteiger charge is 2.21. The molecule has 0 saturated carbocycles. The number of carbonyl (C=O) groups excluding carboxylic acids is 1. The highest BCUT2D eigenvalue weighted by atomic mass is 32.2. The molecule has 0 aliphatic heterocycles. The second kappa shape index (κ2) is 8.35. The average molecular weight is 398 g/mol. The summed E-state index contributed by atoms with van der Waals surface area (Å²) in [4.78, 5) is 12.6. The van der Waals surface area contributed by atoms with Gasteiger partial charge in [-0.3, -0.25) is 4.79 Å². The van der Waals surface area contributed by atoms with Crippen molar-refractivity contribution in [2.45, 2.75) is 31.2 Å². The lowest BCUT2D eigenvalue weighted by Crippen LogP contribution is -2.24. The summed E-state index contributed by atoms with van der Waals surface area (Å²) in [5.41, 5.74) is 3.70. The standard InChI is InChI=1S/C20H23N5O2S/c1-12-6-5-7-13(2)17(12)22-19(26)14(3)28-20-24-23-18(25(20)21)15-8-10-16(27-4)11-9-15/h5-11,14H,21H2,1-4H3,(H,22,26). The van der Waals surface area contributed by atoms with Gasteiger partial charge in [0.2, 0.25) is 11.1 Å². The number of nitrogens with two attached hydrogens (primary N) is 1. The topological polar surface area (TPSA) is 95.1 Å². The Morgan fingerprint density at radius 2 is 1.79 bits per heavy atom. The molecule has 1 unspecified atom stereocenters. The largest absolute Gasteiger partial charge is 0.497 e. The Kier molecular flexibility index (Phi) is 5.89. The number of nitrogen functional groups attached to an aromatic ring is 1. The van der Waals surface area contributed by atoms with Gasteiger partial charge in [-0.05, 0) is 56.2 Å². The van der Waals surface area contributed by atoms with Gasteiger partial charge in [-0.1, -0.05) is 30.0 Å². The van der Waals surface area contributed by atoms with Crippen molar-refractivity contribution >= 4 is 23.4 Å². The summed E-state index contributed by atoms with van der Waals surface area (Å²) in [5.74, 6) is 7.32. The molecule has 0 saturated heterocycles. The molecule has 0 spiro atoms. The van der Waals surface area contributed by atoms with E-state index in [-0.39, 0.29) is 5.91 Å². The maximum Gasteiger partial charge on any atom is 0.237 e. The molecule has 146 valence electrons. The number of thioether (sulfide) groups is 1. The van der Waals surface area contributed by atoms with E-state index in [0.29, 0.717) is 11.0 Å². The maximum atomic E-state index is 12.6. The molecule has 1 amide bonds. The van der Waals surface area contributed by atoms with Crippen LogP contribution in [-0.2, 0) is 4.79 Å². The molecule has 8 heteroatoms. The van der Waals surface area contributed by atoms with E-state index in [1.54, 1.807) is 7.11 Å². The van der Waals surface area contributed by atoms with Crippen molar-refractivity contribution in [2.24, 2.45) is 0 Å². The van der Waals surface area contributed by atoms with Crippen molar-refractivity contribution in [3.8, 4) is 17.1 Å². The first-order valence-electron chi connectivity index (χ1n) is 8.79. The zero-order chi connectivity index (χ0) is 20.3. The highest BCUT2D eigenvalue weighted by Crippen LogP contribution is 2.27. The molecular formula is C20H23N5O2S. The number of aromatic nitrogens is 3. The van der Waals surface area contributed by atoms with E-state index in [1.165, 1.54) is 16.4 Å². The number of hydrogen-bond acceptors (Lipinski definition) is 6. The second-order valence-corrected chi connectivity index (χ2v) is 7.73. The third-order valence-corrected chi connectivity index (χ3v) is 5.45. The summed E-state index contributed by atoms with van der Waals surface area (Å²) >= 11 is 1.26. The van der Waals surface area contributed by atoms with Gasteiger partial charge in [0.05, 0.1) is 12.4 Å². The SMILES string of the molecule is COc1ccc(-c2nnc(SC(C)C(=O)Nc3c(C)cccc3C)n2N)cc1. The van der Waals surface area contributed by atoms with Crippen LogP contribution in [-0.4, -0.2) is 33.1 Å². The van der Waals surface area contributed by atoms with Crippen molar-refractivity contribution < 1.29 is 9.53 Å². The zero-order valence-corrected chi connectivity index (χ0v) is 17.1. The van der Waals surface area contributed by atoms with Gasteiger partial charge >= 0.3 is 0 Å². The molecule has 3 rings (SSSR count). The van der Waals surface area contributed by atoms with Gasteiger partial charge in [0.25, 0.3) is 0 Å². The molecule has 3 N–H and O–H groups in total. The summed E-state index contributed by atoms with van der Waals surface area (Å²) < 4.78 is 6.56. The molecule has 0 radical (unpaired) electrons. The number of anilines is 1. The lowest BCUT2D eigenvalue weighted by atomic mass is 10.1. The molecule has 3 aromatic rings. The Labute approximate surface area is 168 Å². The van der Waals surface area contributed by atoms with Crippen LogP contribution >= 0.6 is 11.8 Å². The number of benzene rings is 2. The Bertz CT molecular complexity index is 965. The third-order valence-electron chi connectivity index (χ3n) is 4.39. The van der Waals surface area contributed by atoms with Crippen LogP contribution in [0, 0.1) is 13.8 Å². The lowest BCUT2D eigenvalue weighted by molar-refractivity contribution is -0.115. The van der Waals surface area contributed by atoms with Crippen LogP contribution in [0.25, 0.3) is 11.4 Å². The quantitative estimate of drug-likeness (QED) is 0.489. The summed E-state index contributed by atoms with van der Waals surface area (Å²) in [6.07, 6.45) is 0. The van der Waals surface area contributed by atoms with Gasteiger partial charge in [0.1, 0.15) is 5.75 Å². The van der Waals surface area contributed by atoms with Gasteiger partial charge in [-0.25, -0.2) is 4.68 Å². The number of nitrogens with zero attached hydrogens (tertiary/aromatic N) is 3. The van der Waals surface area contributed by atoms with E-state index in [4.69, 9.17) is 10.6 Å². The number of aryl methyl sites for hydroxylation is 2. The number of carbonyl (C=O) groups is 1. The summed E-state index contributed by atoms with van der Waals surface area (Å²) in [7, 11) is 1.61. The molecule has 0 aliphatic rings. The predicted molar refractivity (Wildman–Crippen MR) is 112 cm³/mol. The monoisotopic (exact) mass is 397 g/mol. The first kappa shape index (κ1) is 19.8. The lowest BCUT2D eigenvalue weighted by Gasteiger charge is -2.15. The molecular weight excluding hydrogens is 374 g/mol. The van der Waals surface area contributed by atoms with Gasteiger partial charge in [-0.2, -0.15) is 0 Å². The number of hydrogen-bond donors (Lipinski definition) is 2. The van der Waals surface area contributed by atoms with Crippen LogP contribution in [0.2, 0.25) is 0 Å². The Balaban J connectivity index is 1.73. The van der Waals surface area contributed by atoms with Crippen molar-refractivity contribution in [3.05, 3.63) is 53.6 Å². The van der Waals surface area contributed by atoms with Crippen LogP contribution in [0.1, 0.15) is 18.1 Å². The van der Waals surface area contributed by atoms with Crippen LogP contribution in [0.5, 0.6) is 5.75 Å². The van der Waals surface area contributed by atoms with Crippen LogP contribution in [0.4, 0.5) is 5.69 Å². The summed E-state index contributed by atoms with van der Waals surface area (Å²) in [5, 5.41) is 11.4. The normalized spacial score (nSPS) is 11.9. The first-order valence-corrected chi connectivity index (χ1v) is 9.67.